The van der Waals surface area contributed by atoms with Crippen molar-refractivity contribution >= 4 is 23.6 Å². The van der Waals surface area contributed by atoms with Crippen molar-refractivity contribution < 1.29 is 22.8 Å². The number of carbonyl (C=O) groups is 2. The molecule has 2 rings (SSSR count). The summed E-state index contributed by atoms with van der Waals surface area (Å²) in [4.78, 5) is 25.1. The Hall–Kier alpha value is -0.920. The molecule has 1 aliphatic carbocycles. The lowest BCUT2D eigenvalue weighted by atomic mass is 9.93. The fourth-order valence-corrected chi connectivity index (χ4v) is 3.22. The Morgan fingerprint density at radius 3 is 2.47 bits per heavy atom. The van der Waals surface area contributed by atoms with Gasteiger partial charge in [-0.2, -0.15) is 13.2 Å². The normalized spacial score (nSPS) is 23.0. The van der Waals surface area contributed by atoms with Crippen LogP contribution in [-0.2, 0) is 9.59 Å². The maximum atomic E-state index is 12.3. The summed E-state index contributed by atoms with van der Waals surface area (Å²) in [6.07, 6.45) is 2.88. The van der Waals surface area contributed by atoms with Gasteiger partial charge in [0.05, 0.1) is 6.54 Å². The molecule has 0 radical (unpaired) electrons. The Bertz CT molecular complexity index is 381. The number of nitrogens with zero attached hydrogens (tertiary/aromatic N) is 1. The van der Waals surface area contributed by atoms with Gasteiger partial charge in [0.1, 0.15) is 5.54 Å². The van der Waals surface area contributed by atoms with Gasteiger partial charge in [-0.05, 0) is 24.6 Å². The molecular weight excluding hydrogens is 281 g/mol. The first-order valence-corrected chi connectivity index (χ1v) is 7.12. The van der Waals surface area contributed by atoms with Gasteiger partial charge in [0.25, 0.3) is 0 Å². The van der Waals surface area contributed by atoms with E-state index in [-0.39, 0.29) is 42.4 Å². The Kier molecular flexibility index (Phi) is 3.98. The number of rotatable bonds is 3. The number of hydrogen-bond donors (Lipinski definition) is 1. The minimum absolute atomic E-state index is 0.0435. The molecule has 1 spiro atoms. The number of halogens is 3. The molecule has 0 unspecified atom stereocenters. The molecule has 0 bridgehead atoms. The molecule has 0 atom stereocenters. The molecule has 0 aromatic heterocycles. The molecule has 1 heterocycles. The van der Waals surface area contributed by atoms with Crippen LogP contribution in [0, 0.1) is 0 Å². The monoisotopic (exact) mass is 296 g/mol. The van der Waals surface area contributed by atoms with Crippen molar-refractivity contribution in [1.82, 2.24) is 10.2 Å². The smallest absolute Gasteiger partial charge is 0.340 e. The van der Waals surface area contributed by atoms with E-state index in [1.807, 2.05) is 0 Å². The quantitative estimate of drug-likeness (QED) is 0.859. The summed E-state index contributed by atoms with van der Waals surface area (Å²) >= 11 is -0.164. The summed E-state index contributed by atoms with van der Waals surface area (Å²) < 4.78 is 36.2. The van der Waals surface area contributed by atoms with Crippen molar-refractivity contribution in [2.75, 3.05) is 18.8 Å². The van der Waals surface area contributed by atoms with Gasteiger partial charge < -0.3 is 10.2 Å². The predicted molar refractivity (Wildman–Crippen MR) is 64.4 cm³/mol. The van der Waals surface area contributed by atoms with E-state index in [1.165, 1.54) is 4.90 Å². The average Bonchev–Trinajstić information content (AvgIpc) is 2.73. The fraction of sp³-hybridized carbons (Fsp3) is 0.818. The van der Waals surface area contributed by atoms with Gasteiger partial charge in [0.15, 0.2) is 0 Å². The number of piperazine rings is 1. The molecule has 19 heavy (non-hydrogen) atoms. The highest BCUT2D eigenvalue weighted by Gasteiger charge is 2.48. The first kappa shape index (κ1) is 14.5. The summed E-state index contributed by atoms with van der Waals surface area (Å²) in [7, 11) is 0. The third kappa shape index (κ3) is 3.34. The number of nitrogens with one attached hydrogen (secondary N) is 1. The van der Waals surface area contributed by atoms with Crippen LogP contribution in [0.2, 0.25) is 0 Å². The molecule has 1 N–H and O–H groups in total. The van der Waals surface area contributed by atoms with E-state index in [0.29, 0.717) is 12.8 Å². The van der Waals surface area contributed by atoms with Gasteiger partial charge in [-0.25, -0.2) is 0 Å². The lowest BCUT2D eigenvalue weighted by molar-refractivity contribution is -0.149. The van der Waals surface area contributed by atoms with Crippen LogP contribution in [0.1, 0.15) is 25.7 Å². The van der Waals surface area contributed by atoms with Crippen LogP contribution < -0.4 is 5.32 Å². The Morgan fingerprint density at radius 1 is 1.26 bits per heavy atom. The number of hydrogen-bond acceptors (Lipinski definition) is 3. The van der Waals surface area contributed by atoms with Crippen LogP contribution in [0.25, 0.3) is 0 Å². The van der Waals surface area contributed by atoms with Crippen molar-refractivity contribution in [3.05, 3.63) is 0 Å². The second-order valence-electron chi connectivity index (χ2n) is 4.86. The first-order valence-electron chi connectivity index (χ1n) is 6.13. The van der Waals surface area contributed by atoms with Crippen molar-refractivity contribution in [2.45, 2.75) is 36.7 Å². The van der Waals surface area contributed by atoms with Gasteiger partial charge in [0, 0.05) is 12.3 Å². The molecule has 8 heteroatoms. The maximum Gasteiger partial charge on any atom is 0.441 e. The molecule has 0 aromatic carbocycles. The zero-order chi connectivity index (χ0) is 14.1. The third-order valence-corrected chi connectivity index (χ3v) is 4.21. The minimum atomic E-state index is -4.30. The SMILES string of the molecule is O=C1CN(CCSC(F)(F)F)C(=O)C2(CCCC2)N1. The average molecular weight is 296 g/mol. The van der Waals surface area contributed by atoms with E-state index in [2.05, 4.69) is 5.32 Å². The van der Waals surface area contributed by atoms with Gasteiger partial charge in [-0.15, -0.1) is 0 Å². The molecule has 1 saturated carbocycles. The van der Waals surface area contributed by atoms with Crippen molar-refractivity contribution in [3.63, 3.8) is 0 Å². The van der Waals surface area contributed by atoms with Crippen molar-refractivity contribution in [2.24, 2.45) is 0 Å². The van der Waals surface area contributed by atoms with Crippen LogP contribution in [0.15, 0.2) is 0 Å². The van der Waals surface area contributed by atoms with Crippen LogP contribution in [0.5, 0.6) is 0 Å². The topological polar surface area (TPSA) is 49.4 Å². The Labute approximate surface area is 113 Å². The largest absolute Gasteiger partial charge is 0.441 e. The van der Waals surface area contributed by atoms with Gasteiger partial charge in [-0.3, -0.25) is 9.59 Å². The summed E-state index contributed by atoms with van der Waals surface area (Å²) in [6.45, 7) is -0.183. The number of thioether (sulfide) groups is 1. The van der Waals surface area contributed by atoms with Gasteiger partial charge in [0.2, 0.25) is 11.8 Å². The van der Waals surface area contributed by atoms with Crippen LogP contribution >= 0.6 is 11.8 Å². The molecule has 2 amide bonds. The number of carbonyl (C=O) groups excluding carboxylic acids is 2. The molecule has 2 aliphatic rings. The molecular formula is C11H15F3N2O2S. The zero-order valence-corrected chi connectivity index (χ0v) is 11.1. The molecule has 1 saturated heterocycles. The van der Waals surface area contributed by atoms with Crippen LogP contribution in [-0.4, -0.2) is 46.6 Å². The van der Waals surface area contributed by atoms with E-state index in [9.17, 15) is 22.8 Å². The van der Waals surface area contributed by atoms with Crippen LogP contribution in [0.4, 0.5) is 13.2 Å². The molecule has 0 aromatic rings. The highest BCUT2D eigenvalue weighted by molar-refractivity contribution is 8.00. The predicted octanol–water partition coefficient (Wildman–Crippen LogP) is 1.51. The third-order valence-electron chi connectivity index (χ3n) is 3.49. The molecule has 2 fully saturated rings. The van der Waals surface area contributed by atoms with Gasteiger partial charge >= 0.3 is 5.51 Å². The van der Waals surface area contributed by atoms with E-state index in [0.717, 1.165) is 12.8 Å². The highest BCUT2D eigenvalue weighted by Crippen LogP contribution is 2.34. The highest BCUT2D eigenvalue weighted by atomic mass is 32.2. The lowest BCUT2D eigenvalue weighted by Gasteiger charge is -2.39. The summed E-state index contributed by atoms with van der Waals surface area (Å²) in [6, 6.07) is 0. The second-order valence-corrected chi connectivity index (χ2v) is 6.02. The second kappa shape index (κ2) is 5.22. The van der Waals surface area contributed by atoms with Crippen LogP contribution in [0.3, 0.4) is 0 Å². The minimum Gasteiger partial charge on any atom is -0.340 e. The van der Waals surface area contributed by atoms with E-state index in [4.69, 9.17) is 0 Å². The molecule has 4 nitrogen and oxygen atoms in total. The fourth-order valence-electron chi connectivity index (χ4n) is 2.68. The Morgan fingerprint density at radius 2 is 1.89 bits per heavy atom. The van der Waals surface area contributed by atoms with Crippen molar-refractivity contribution in [1.29, 1.82) is 0 Å². The standard InChI is InChI=1S/C11H15F3N2O2S/c12-11(13,14)19-6-5-16-7-8(17)15-10(9(16)18)3-1-2-4-10/h1-7H2,(H,15,17). The maximum absolute atomic E-state index is 12.3. The molecule has 108 valence electrons. The van der Waals surface area contributed by atoms with Gasteiger partial charge in [-0.1, -0.05) is 12.8 Å². The van der Waals surface area contributed by atoms with Crippen molar-refractivity contribution in [3.8, 4) is 0 Å². The summed E-state index contributed by atoms with van der Waals surface area (Å²) in [5, 5.41) is 2.72. The first-order chi connectivity index (χ1) is 8.82. The molecule has 1 aliphatic heterocycles. The van der Waals surface area contributed by atoms with E-state index < -0.39 is 11.0 Å². The lowest BCUT2D eigenvalue weighted by Crippen LogP contribution is -2.65. The number of amides is 2. The number of alkyl halides is 3. The summed E-state index contributed by atoms with van der Waals surface area (Å²) in [5.74, 6) is -0.746. The van der Waals surface area contributed by atoms with E-state index in [1.54, 1.807) is 0 Å². The summed E-state index contributed by atoms with van der Waals surface area (Å²) in [5.41, 5.74) is -5.15. The Balaban J connectivity index is 1.96. The van der Waals surface area contributed by atoms with E-state index >= 15 is 0 Å². The zero-order valence-electron chi connectivity index (χ0n) is 10.3.